The maximum atomic E-state index is 15.7. The Balaban J connectivity index is 1.80. The minimum absolute atomic E-state index is 0.0264. The second-order valence-electron chi connectivity index (χ2n) is 29.0. The van der Waals surface area contributed by atoms with Crippen molar-refractivity contribution in [3.05, 3.63) is 99.5 Å². The van der Waals surface area contributed by atoms with Gasteiger partial charge in [0, 0.05) is 51.9 Å². The number of alkyl carbamates (subject to hydrolysis) is 2. The summed E-state index contributed by atoms with van der Waals surface area (Å²) in [5.74, 6) is -5.86. The summed E-state index contributed by atoms with van der Waals surface area (Å²) in [4.78, 5) is 126. The Hall–Kier alpha value is -8.89. The van der Waals surface area contributed by atoms with Crippen molar-refractivity contribution < 1.29 is 94.9 Å². The zero-order valence-corrected chi connectivity index (χ0v) is 61.9. The molecule has 6 atom stereocenters. The zero-order valence-electron chi connectivity index (χ0n) is 60.1. The van der Waals surface area contributed by atoms with Crippen LogP contribution in [0, 0.1) is 0 Å². The highest BCUT2D eigenvalue weighted by Gasteiger charge is 2.39. The molecule has 1 aliphatic rings. The molecular formula is C67H98N10O21SSi. The number of nitrogens with zero attached hydrogens (tertiary/aromatic N) is 3. The number of esters is 1. The molecule has 0 saturated carbocycles. The molecule has 3 aromatic carbocycles. The van der Waals surface area contributed by atoms with E-state index in [2.05, 4.69) is 56.0 Å². The molecule has 552 valence electrons. The molecule has 5 rings (SSSR count). The highest BCUT2D eigenvalue weighted by molar-refractivity contribution is 7.88. The van der Waals surface area contributed by atoms with Crippen LogP contribution in [0.2, 0.25) is 25.7 Å². The summed E-state index contributed by atoms with van der Waals surface area (Å²) in [6, 6.07) is 8.69. The summed E-state index contributed by atoms with van der Waals surface area (Å²) < 4.78 is 78.4. The van der Waals surface area contributed by atoms with E-state index in [1.165, 1.54) is 52.0 Å². The zero-order chi connectivity index (χ0) is 75.0. The van der Waals surface area contributed by atoms with Gasteiger partial charge in [-0.25, -0.2) is 23.9 Å². The van der Waals surface area contributed by atoms with Crippen LogP contribution in [0.1, 0.15) is 123 Å². The first-order valence-corrected chi connectivity index (χ1v) is 37.4. The minimum Gasteiger partial charge on any atom is -0.490 e. The third kappa shape index (κ3) is 26.3. The van der Waals surface area contributed by atoms with Crippen LogP contribution in [0.5, 0.6) is 17.2 Å². The van der Waals surface area contributed by atoms with E-state index in [1.807, 2.05) is 32.9 Å². The van der Waals surface area contributed by atoms with Gasteiger partial charge in [0.2, 0.25) is 17.7 Å². The predicted octanol–water partition coefficient (Wildman–Crippen LogP) is 4.79. The van der Waals surface area contributed by atoms with Crippen molar-refractivity contribution in [3.63, 3.8) is 0 Å². The molecule has 1 aromatic heterocycles. The van der Waals surface area contributed by atoms with Crippen molar-refractivity contribution in [3.8, 4) is 34.1 Å². The number of rotatable bonds is 26. The summed E-state index contributed by atoms with van der Waals surface area (Å²) in [7, 11) is -4.49. The topological polar surface area (TPSA) is 407 Å². The molecule has 7 amide bonds. The van der Waals surface area contributed by atoms with E-state index in [4.69, 9.17) is 37.9 Å². The smallest absolute Gasteiger partial charge is 0.422 e. The summed E-state index contributed by atoms with van der Waals surface area (Å²) in [6.07, 6.45) is -5.26. The SMILES string of the molecule is COC(=O)[C@@H]1Cc2ccc(OC[C@H](O)CNC(=O)OC(C)(C)C)c(c2)-c2cc(cc(OC[C@H](O)CNC(=O)OC(C)(C)C)c2OCOCC[Si](C)(C)C)[C@H](N(C)C(=O)[C@H](CNS(=O)(=O)NC(=O)OC(C)(C)C)NC(=O)c2cnn(-c3ccc(C(C)(C)C)cc3)c(=O)c2)C(=O)N[C@@H](C)C(=O)N1. The van der Waals surface area contributed by atoms with Crippen molar-refractivity contribution in [1.82, 2.24) is 50.7 Å². The Bertz CT molecular complexity index is 3740. The summed E-state index contributed by atoms with van der Waals surface area (Å²) in [5, 5.41) is 39.6. The lowest BCUT2D eigenvalue weighted by atomic mass is 9.87. The van der Waals surface area contributed by atoms with Crippen LogP contribution in [0.25, 0.3) is 16.8 Å². The largest absolute Gasteiger partial charge is 0.490 e. The van der Waals surface area contributed by atoms with E-state index >= 15 is 9.59 Å². The van der Waals surface area contributed by atoms with E-state index in [0.717, 1.165) is 41.6 Å². The van der Waals surface area contributed by atoms with Crippen LogP contribution in [-0.2, 0) is 64.9 Å². The lowest BCUT2D eigenvalue weighted by Gasteiger charge is -2.33. The molecule has 0 aliphatic carbocycles. The van der Waals surface area contributed by atoms with E-state index in [1.54, 1.807) is 64.5 Å². The molecule has 31 nitrogen and oxygen atoms in total. The fourth-order valence-corrected chi connectivity index (χ4v) is 10.9. The van der Waals surface area contributed by atoms with Crippen molar-refractivity contribution in [1.29, 1.82) is 0 Å². The fraction of sp³-hybridized carbons (Fsp3) is 0.552. The van der Waals surface area contributed by atoms with Gasteiger partial charge in [-0.2, -0.15) is 22.9 Å². The molecule has 33 heteroatoms. The molecule has 0 spiro atoms. The van der Waals surface area contributed by atoms with Crippen LogP contribution in [-0.4, -0.2) is 197 Å². The van der Waals surface area contributed by atoms with Crippen molar-refractivity contribution in [2.75, 3.05) is 60.4 Å². The Kier molecular flexibility index (Phi) is 28.2. The lowest BCUT2D eigenvalue weighted by molar-refractivity contribution is -0.145. The van der Waals surface area contributed by atoms with Gasteiger partial charge in [0.1, 0.15) is 72.1 Å². The molecule has 2 heterocycles. The van der Waals surface area contributed by atoms with Gasteiger partial charge in [-0.15, -0.1) is 0 Å². The number of nitrogens with one attached hydrogen (secondary N) is 7. The van der Waals surface area contributed by atoms with Gasteiger partial charge < -0.3 is 79.6 Å². The number of benzene rings is 3. The molecule has 0 unspecified atom stereocenters. The van der Waals surface area contributed by atoms with Gasteiger partial charge in [0.05, 0.1) is 37.6 Å². The first-order chi connectivity index (χ1) is 46.2. The normalized spacial score (nSPS) is 16.3. The number of ether oxygens (including phenoxy) is 8. The first-order valence-electron chi connectivity index (χ1n) is 32.3. The van der Waals surface area contributed by atoms with Gasteiger partial charge in [-0.3, -0.25) is 24.0 Å². The number of methoxy groups -OCH3 is 1. The van der Waals surface area contributed by atoms with E-state index < -0.39 is 164 Å². The Morgan fingerprint density at radius 1 is 0.720 bits per heavy atom. The summed E-state index contributed by atoms with van der Waals surface area (Å²) in [6.45, 7) is 24.8. The molecule has 0 radical (unpaired) electrons. The molecular weight excluding hydrogens is 1340 g/mol. The van der Waals surface area contributed by atoms with Crippen molar-refractivity contribution >= 4 is 66.2 Å². The fourth-order valence-electron chi connectivity index (χ4n) is 9.39. The number of carbonyl (C=O) groups excluding carboxylic acids is 8. The van der Waals surface area contributed by atoms with Crippen LogP contribution in [0.4, 0.5) is 14.4 Å². The number of hydrogen-bond donors (Lipinski definition) is 9. The standard InChI is InChI=1S/C67H98N10O21SSi/c1-39-56(81)73-49(60(85)91-15)28-40-19-24-51(93-36-45(78)33-68-61(86)96-65(5,6)7)47(27-40)48-29-41(30-52(55(48)95-38-92-25-26-100(16,17)18)94-37-46(79)34-69-62(87)97-66(8,9)10)54(58(83)72-39)76(14)59(84)50(35-71-99(89,90)75-63(88)98-67(11,12)13)74-57(82)42-31-53(80)77(70-32-42)44-22-20-43(21-23-44)64(2,3)4/h19-24,27,29-32,39,45-46,49-50,54,71,78-79H,25-26,28,33-38H2,1-18H3,(H,68,86)(H,69,87)(H,72,83)(H,73,81)(H,74,82)(H,75,88)/t39-,45+,46+,49-,50-,54-/m0/s1. The number of aliphatic hydroxyl groups excluding tert-OH is 2. The number of fused-ring (bicyclic) bond motifs is 5. The second-order valence-corrected chi connectivity index (χ2v) is 36.2. The number of carbonyl (C=O) groups is 8. The molecule has 4 aromatic rings. The highest BCUT2D eigenvalue weighted by Crippen LogP contribution is 2.46. The molecule has 0 saturated heterocycles. The average Bonchev–Trinajstić information content (AvgIpc) is 0.768. The van der Waals surface area contributed by atoms with E-state index in [0.29, 0.717) is 17.3 Å². The molecule has 1 aliphatic heterocycles. The Morgan fingerprint density at radius 2 is 1.29 bits per heavy atom. The number of aromatic nitrogens is 2. The quantitative estimate of drug-likeness (QED) is 0.0134. The minimum atomic E-state index is -4.98. The van der Waals surface area contributed by atoms with Crippen LogP contribution in [0.15, 0.2) is 71.7 Å². The number of hydrogen-bond acceptors (Lipinski definition) is 22. The van der Waals surface area contributed by atoms with E-state index in [-0.39, 0.29) is 58.9 Å². The number of aliphatic hydroxyl groups is 2. The number of amides is 7. The Morgan fingerprint density at radius 3 is 1.83 bits per heavy atom. The maximum absolute atomic E-state index is 15.7. The van der Waals surface area contributed by atoms with Gasteiger partial charge in [0.15, 0.2) is 18.3 Å². The van der Waals surface area contributed by atoms with Crippen LogP contribution >= 0.6 is 0 Å². The number of likely N-dealkylation sites (N-methyl/N-ethyl adjacent to an activating group) is 1. The second kappa shape index (κ2) is 34.5. The third-order valence-electron chi connectivity index (χ3n) is 14.3. The average molecular weight is 1440 g/mol. The van der Waals surface area contributed by atoms with Crippen molar-refractivity contribution in [2.24, 2.45) is 0 Å². The highest BCUT2D eigenvalue weighted by atomic mass is 32.2. The molecule has 100 heavy (non-hydrogen) atoms. The van der Waals surface area contributed by atoms with Gasteiger partial charge in [-0.05, 0) is 134 Å². The summed E-state index contributed by atoms with van der Waals surface area (Å²) >= 11 is 0. The van der Waals surface area contributed by atoms with Crippen LogP contribution in [0.3, 0.4) is 0 Å². The predicted molar refractivity (Wildman–Crippen MR) is 370 cm³/mol. The van der Waals surface area contributed by atoms with Gasteiger partial charge in [0.25, 0.3) is 11.5 Å². The third-order valence-corrected chi connectivity index (χ3v) is 17.0. The molecule has 0 fully saturated rings. The molecule has 4 bridgehead atoms. The lowest BCUT2D eigenvalue weighted by Crippen LogP contribution is -2.57. The van der Waals surface area contributed by atoms with E-state index in [9.17, 15) is 52.2 Å². The Labute approximate surface area is 583 Å². The molecule has 9 N–H and O–H groups in total. The van der Waals surface area contributed by atoms with Gasteiger partial charge >= 0.3 is 34.5 Å². The monoisotopic (exact) mass is 1440 g/mol. The first kappa shape index (κ1) is 81.8. The van der Waals surface area contributed by atoms with Crippen molar-refractivity contribution in [2.45, 2.75) is 181 Å². The summed E-state index contributed by atoms with van der Waals surface area (Å²) in [5.41, 5.74) is -2.93. The van der Waals surface area contributed by atoms with Gasteiger partial charge in [-0.1, -0.05) is 58.6 Å². The maximum Gasteiger partial charge on any atom is 0.422 e. The van der Waals surface area contributed by atoms with Crippen LogP contribution < -0.4 is 55.8 Å².